The van der Waals surface area contributed by atoms with E-state index in [1.165, 1.54) is 18.2 Å². The monoisotopic (exact) mass is 223 g/mol. The Kier molecular flexibility index (Phi) is 3.82. The standard InChI is InChI=1S/C10H13N3O3/c1-13(6-8(14)16-2)10-7(9(11)15)4-3-5-12-10/h3-5H,6H2,1-2H3,(H2,11,15). The van der Waals surface area contributed by atoms with E-state index in [0.29, 0.717) is 5.82 Å². The summed E-state index contributed by atoms with van der Waals surface area (Å²) in [7, 11) is 2.93. The van der Waals surface area contributed by atoms with Crippen molar-refractivity contribution in [2.45, 2.75) is 0 Å². The van der Waals surface area contributed by atoms with Crippen molar-refractivity contribution in [1.29, 1.82) is 0 Å². The average Bonchev–Trinajstić information content (AvgIpc) is 2.28. The Balaban J connectivity index is 2.94. The van der Waals surface area contributed by atoms with Crippen LogP contribution in [0.5, 0.6) is 0 Å². The second-order valence-corrected chi connectivity index (χ2v) is 3.17. The molecule has 0 spiro atoms. The van der Waals surface area contributed by atoms with Crippen LogP contribution in [-0.2, 0) is 9.53 Å². The number of hydrogen-bond acceptors (Lipinski definition) is 5. The molecular formula is C10H13N3O3. The maximum atomic E-state index is 11.1. The molecule has 1 amide bonds. The highest BCUT2D eigenvalue weighted by Gasteiger charge is 2.15. The van der Waals surface area contributed by atoms with Crippen molar-refractivity contribution in [3.63, 3.8) is 0 Å². The van der Waals surface area contributed by atoms with Crippen LogP contribution in [0.2, 0.25) is 0 Å². The van der Waals surface area contributed by atoms with Gasteiger partial charge in [0.1, 0.15) is 12.4 Å². The largest absolute Gasteiger partial charge is 0.468 e. The van der Waals surface area contributed by atoms with Crippen molar-refractivity contribution >= 4 is 17.7 Å². The van der Waals surface area contributed by atoms with E-state index in [2.05, 4.69) is 9.72 Å². The van der Waals surface area contributed by atoms with Gasteiger partial charge < -0.3 is 15.4 Å². The van der Waals surface area contributed by atoms with Crippen molar-refractivity contribution in [1.82, 2.24) is 4.98 Å². The molecule has 1 heterocycles. The van der Waals surface area contributed by atoms with Crippen LogP contribution in [0, 0.1) is 0 Å². The summed E-state index contributed by atoms with van der Waals surface area (Å²) in [6.45, 7) is 0.00773. The second-order valence-electron chi connectivity index (χ2n) is 3.17. The molecule has 0 bridgehead atoms. The first-order chi connectivity index (χ1) is 7.56. The number of rotatable bonds is 4. The van der Waals surface area contributed by atoms with Crippen LogP contribution in [0.1, 0.15) is 10.4 Å². The number of carbonyl (C=O) groups is 2. The van der Waals surface area contributed by atoms with Gasteiger partial charge in [-0.3, -0.25) is 9.59 Å². The third-order valence-corrected chi connectivity index (χ3v) is 2.01. The summed E-state index contributed by atoms with van der Waals surface area (Å²) in [6.07, 6.45) is 1.52. The summed E-state index contributed by atoms with van der Waals surface area (Å²) >= 11 is 0. The lowest BCUT2D eigenvalue weighted by Crippen LogP contribution is -2.29. The summed E-state index contributed by atoms with van der Waals surface area (Å²) < 4.78 is 4.52. The molecule has 0 saturated heterocycles. The number of aromatic nitrogens is 1. The van der Waals surface area contributed by atoms with Crippen LogP contribution < -0.4 is 10.6 Å². The number of ether oxygens (including phenoxy) is 1. The third-order valence-electron chi connectivity index (χ3n) is 2.01. The van der Waals surface area contributed by atoms with Gasteiger partial charge in [0, 0.05) is 13.2 Å². The number of amides is 1. The fraction of sp³-hybridized carbons (Fsp3) is 0.300. The molecule has 0 aliphatic carbocycles. The number of primary amides is 1. The molecule has 6 heteroatoms. The number of likely N-dealkylation sites (N-methyl/N-ethyl adjacent to an activating group) is 1. The Bertz CT molecular complexity index is 406. The maximum Gasteiger partial charge on any atom is 0.325 e. The molecule has 2 N–H and O–H groups in total. The molecule has 1 aromatic rings. The van der Waals surface area contributed by atoms with Gasteiger partial charge in [-0.2, -0.15) is 0 Å². The Morgan fingerprint density at radius 1 is 1.56 bits per heavy atom. The molecule has 0 saturated carbocycles. The van der Waals surface area contributed by atoms with Gasteiger partial charge in [0.2, 0.25) is 0 Å². The smallest absolute Gasteiger partial charge is 0.325 e. The van der Waals surface area contributed by atoms with Crippen molar-refractivity contribution in [3.8, 4) is 0 Å². The predicted molar refractivity (Wildman–Crippen MR) is 58.0 cm³/mol. The first kappa shape index (κ1) is 12.0. The fourth-order valence-corrected chi connectivity index (χ4v) is 1.23. The van der Waals surface area contributed by atoms with Crippen molar-refractivity contribution in [3.05, 3.63) is 23.9 Å². The van der Waals surface area contributed by atoms with Crippen molar-refractivity contribution in [2.24, 2.45) is 5.73 Å². The van der Waals surface area contributed by atoms with E-state index in [0.717, 1.165) is 0 Å². The van der Waals surface area contributed by atoms with Crippen LogP contribution in [0.25, 0.3) is 0 Å². The molecule has 0 atom stereocenters. The molecule has 16 heavy (non-hydrogen) atoms. The molecular weight excluding hydrogens is 210 g/mol. The van der Waals surface area contributed by atoms with Gasteiger partial charge in [0.25, 0.3) is 5.91 Å². The lowest BCUT2D eigenvalue weighted by molar-refractivity contribution is -0.138. The van der Waals surface area contributed by atoms with Crippen molar-refractivity contribution < 1.29 is 14.3 Å². The van der Waals surface area contributed by atoms with Crippen LogP contribution >= 0.6 is 0 Å². The Hall–Kier alpha value is -2.11. The first-order valence-electron chi connectivity index (χ1n) is 4.59. The van der Waals surface area contributed by atoms with Gasteiger partial charge in [-0.15, -0.1) is 0 Å². The van der Waals surface area contributed by atoms with Gasteiger partial charge >= 0.3 is 5.97 Å². The normalized spacial score (nSPS) is 9.62. The maximum absolute atomic E-state index is 11.1. The predicted octanol–water partition coefficient (Wildman–Crippen LogP) is -0.210. The summed E-state index contributed by atoms with van der Waals surface area (Å²) in [5.41, 5.74) is 5.47. The van der Waals surface area contributed by atoms with Gasteiger partial charge in [-0.25, -0.2) is 4.98 Å². The molecule has 0 radical (unpaired) electrons. The van der Waals surface area contributed by atoms with E-state index in [9.17, 15) is 9.59 Å². The van der Waals surface area contributed by atoms with E-state index in [4.69, 9.17) is 5.73 Å². The average molecular weight is 223 g/mol. The number of methoxy groups -OCH3 is 1. The first-order valence-corrected chi connectivity index (χ1v) is 4.59. The third kappa shape index (κ3) is 2.69. The SMILES string of the molecule is COC(=O)CN(C)c1ncccc1C(N)=O. The zero-order chi connectivity index (χ0) is 12.1. The Morgan fingerprint density at radius 3 is 2.81 bits per heavy atom. The van der Waals surface area contributed by atoms with Crippen LogP contribution in [0.4, 0.5) is 5.82 Å². The van der Waals surface area contributed by atoms with E-state index in [1.54, 1.807) is 19.2 Å². The number of pyridine rings is 1. The Labute approximate surface area is 93.0 Å². The molecule has 1 aromatic heterocycles. The topological polar surface area (TPSA) is 85.5 Å². The van der Waals surface area contributed by atoms with Crippen LogP contribution in [0.3, 0.4) is 0 Å². The van der Waals surface area contributed by atoms with Gasteiger partial charge in [0.05, 0.1) is 12.7 Å². The minimum Gasteiger partial charge on any atom is -0.468 e. The highest BCUT2D eigenvalue weighted by molar-refractivity contribution is 5.98. The van der Waals surface area contributed by atoms with E-state index >= 15 is 0 Å². The summed E-state index contributed by atoms with van der Waals surface area (Å²) in [6, 6.07) is 3.16. The summed E-state index contributed by atoms with van der Waals surface area (Å²) in [4.78, 5) is 27.7. The highest BCUT2D eigenvalue weighted by atomic mass is 16.5. The quantitative estimate of drug-likeness (QED) is 0.714. The number of esters is 1. The molecule has 1 rings (SSSR count). The molecule has 6 nitrogen and oxygen atoms in total. The number of anilines is 1. The van der Waals surface area contributed by atoms with E-state index in [-0.39, 0.29) is 12.1 Å². The zero-order valence-electron chi connectivity index (χ0n) is 9.14. The molecule has 0 aliphatic heterocycles. The van der Waals surface area contributed by atoms with Gasteiger partial charge in [0.15, 0.2) is 0 Å². The number of nitrogens with two attached hydrogens (primary N) is 1. The molecule has 0 unspecified atom stereocenters. The number of nitrogens with zero attached hydrogens (tertiary/aromatic N) is 2. The molecule has 0 fully saturated rings. The van der Waals surface area contributed by atoms with E-state index < -0.39 is 11.9 Å². The Morgan fingerprint density at radius 2 is 2.25 bits per heavy atom. The lowest BCUT2D eigenvalue weighted by atomic mass is 10.2. The van der Waals surface area contributed by atoms with Gasteiger partial charge in [-0.05, 0) is 12.1 Å². The minimum atomic E-state index is -0.584. The summed E-state index contributed by atoms with van der Waals surface area (Å²) in [5.74, 6) is -0.635. The second kappa shape index (κ2) is 5.11. The molecule has 0 aromatic carbocycles. The van der Waals surface area contributed by atoms with Crippen molar-refractivity contribution in [2.75, 3.05) is 25.6 Å². The molecule has 86 valence electrons. The fourth-order valence-electron chi connectivity index (χ4n) is 1.23. The lowest BCUT2D eigenvalue weighted by Gasteiger charge is -2.18. The highest BCUT2D eigenvalue weighted by Crippen LogP contribution is 2.14. The number of carbonyl (C=O) groups excluding carboxylic acids is 2. The van der Waals surface area contributed by atoms with Gasteiger partial charge in [-0.1, -0.05) is 0 Å². The summed E-state index contributed by atoms with van der Waals surface area (Å²) in [5, 5.41) is 0. The van der Waals surface area contributed by atoms with Crippen LogP contribution in [-0.4, -0.2) is 37.6 Å². The zero-order valence-corrected chi connectivity index (χ0v) is 9.14. The van der Waals surface area contributed by atoms with E-state index in [1.807, 2.05) is 0 Å². The minimum absolute atomic E-state index is 0.00773. The number of hydrogen-bond donors (Lipinski definition) is 1. The molecule has 0 aliphatic rings. The van der Waals surface area contributed by atoms with Crippen LogP contribution in [0.15, 0.2) is 18.3 Å².